The van der Waals surface area contributed by atoms with Crippen molar-refractivity contribution in [3.8, 4) is 0 Å². The lowest BCUT2D eigenvalue weighted by molar-refractivity contribution is 0.223. The van der Waals surface area contributed by atoms with Crippen LogP contribution in [0.2, 0.25) is 0 Å². The molecule has 3 rings (SSSR count). The maximum atomic E-state index is 10.3. The molecule has 0 aliphatic carbocycles. The molecular formula is C18H16N2O. The number of para-hydroxylation sites is 2. The summed E-state index contributed by atoms with van der Waals surface area (Å²) in [4.78, 5) is 9.02. The molecule has 0 aliphatic heterocycles. The first-order valence-corrected chi connectivity index (χ1v) is 6.88. The van der Waals surface area contributed by atoms with Gasteiger partial charge in [-0.15, -0.1) is 0 Å². The van der Waals surface area contributed by atoms with Crippen molar-refractivity contribution in [2.75, 3.05) is 0 Å². The summed E-state index contributed by atoms with van der Waals surface area (Å²) in [5, 5.41) is 10.3. The molecule has 1 heterocycles. The predicted octanol–water partition coefficient (Wildman–Crippen LogP) is 3.69. The number of aryl methyl sites for hydroxylation is 1. The Kier molecular flexibility index (Phi) is 3.75. The van der Waals surface area contributed by atoms with Crippen LogP contribution in [-0.2, 0) is 0 Å². The molecule has 1 N–H and O–H groups in total. The Morgan fingerprint density at radius 2 is 1.52 bits per heavy atom. The zero-order chi connectivity index (χ0) is 14.7. The van der Waals surface area contributed by atoms with Gasteiger partial charge in [-0.25, -0.2) is 9.97 Å². The molecule has 1 atom stereocenters. The molecule has 1 unspecified atom stereocenters. The monoisotopic (exact) mass is 276 g/mol. The fourth-order valence-corrected chi connectivity index (χ4v) is 2.24. The zero-order valence-corrected chi connectivity index (χ0v) is 11.8. The van der Waals surface area contributed by atoms with E-state index < -0.39 is 6.10 Å². The highest BCUT2D eigenvalue weighted by molar-refractivity contribution is 5.74. The standard InChI is InChI=1S/C18H16N2O/c1-13-18(20-16-10-6-5-9-15(16)19-13)17(21)12-11-14-7-3-2-4-8-14/h2-12,17,21H,1H3/b12-11+. The largest absolute Gasteiger partial charge is 0.383 e. The Hall–Kier alpha value is -2.52. The minimum Gasteiger partial charge on any atom is -0.383 e. The molecule has 3 nitrogen and oxygen atoms in total. The van der Waals surface area contributed by atoms with Gasteiger partial charge in [-0.05, 0) is 30.7 Å². The minimum absolute atomic E-state index is 0.598. The van der Waals surface area contributed by atoms with E-state index in [2.05, 4.69) is 9.97 Å². The normalized spacial score (nSPS) is 12.9. The van der Waals surface area contributed by atoms with Crippen molar-refractivity contribution in [2.45, 2.75) is 13.0 Å². The zero-order valence-electron chi connectivity index (χ0n) is 11.8. The third kappa shape index (κ3) is 2.98. The molecule has 0 bridgehead atoms. The van der Waals surface area contributed by atoms with E-state index >= 15 is 0 Å². The number of rotatable bonds is 3. The van der Waals surface area contributed by atoms with Gasteiger partial charge >= 0.3 is 0 Å². The second-order valence-electron chi connectivity index (χ2n) is 4.90. The first-order chi connectivity index (χ1) is 10.2. The number of hydrogen-bond acceptors (Lipinski definition) is 3. The molecule has 3 aromatic rings. The summed E-state index contributed by atoms with van der Waals surface area (Å²) >= 11 is 0. The Morgan fingerprint density at radius 3 is 2.24 bits per heavy atom. The number of benzene rings is 2. The minimum atomic E-state index is -0.762. The number of aliphatic hydroxyl groups excluding tert-OH is 1. The number of hydrogen-bond donors (Lipinski definition) is 1. The van der Waals surface area contributed by atoms with E-state index in [0.717, 1.165) is 22.3 Å². The first-order valence-electron chi connectivity index (χ1n) is 6.88. The average molecular weight is 276 g/mol. The van der Waals surface area contributed by atoms with Crippen molar-refractivity contribution in [2.24, 2.45) is 0 Å². The summed E-state index contributed by atoms with van der Waals surface area (Å²) in [6.45, 7) is 1.87. The van der Waals surface area contributed by atoms with Crippen LogP contribution >= 0.6 is 0 Å². The molecular weight excluding hydrogens is 260 g/mol. The molecule has 104 valence electrons. The number of fused-ring (bicyclic) bond motifs is 1. The molecule has 21 heavy (non-hydrogen) atoms. The van der Waals surface area contributed by atoms with Gasteiger partial charge in [0.15, 0.2) is 0 Å². The lowest BCUT2D eigenvalue weighted by Crippen LogP contribution is -2.03. The second kappa shape index (κ2) is 5.85. The highest BCUT2D eigenvalue weighted by atomic mass is 16.3. The van der Waals surface area contributed by atoms with Gasteiger partial charge in [-0.2, -0.15) is 0 Å². The molecule has 0 radical (unpaired) electrons. The van der Waals surface area contributed by atoms with Crippen molar-refractivity contribution < 1.29 is 5.11 Å². The predicted molar refractivity (Wildman–Crippen MR) is 84.7 cm³/mol. The van der Waals surface area contributed by atoms with E-state index in [0.29, 0.717) is 5.69 Å². The van der Waals surface area contributed by atoms with E-state index in [1.165, 1.54) is 0 Å². The molecule has 0 saturated carbocycles. The van der Waals surface area contributed by atoms with Gasteiger partial charge in [0, 0.05) is 0 Å². The van der Waals surface area contributed by atoms with Crippen molar-refractivity contribution in [1.29, 1.82) is 0 Å². The third-order valence-electron chi connectivity index (χ3n) is 3.33. The maximum absolute atomic E-state index is 10.3. The lowest BCUT2D eigenvalue weighted by Gasteiger charge is -2.09. The van der Waals surface area contributed by atoms with Crippen LogP contribution < -0.4 is 0 Å². The molecule has 1 aromatic heterocycles. The maximum Gasteiger partial charge on any atom is 0.116 e. The van der Waals surface area contributed by atoms with Gasteiger partial charge in [0.1, 0.15) is 6.10 Å². The summed E-state index contributed by atoms with van der Waals surface area (Å²) in [6, 6.07) is 17.5. The Bertz CT molecular complexity index is 782. The molecule has 2 aromatic carbocycles. The van der Waals surface area contributed by atoms with Gasteiger partial charge in [0.2, 0.25) is 0 Å². The molecule has 3 heteroatoms. The van der Waals surface area contributed by atoms with Crippen LogP contribution in [0.15, 0.2) is 60.7 Å². The topological polar surface area (TPSA) is 46.0 Å². The van der Waals surface area contributed by atoms with E-state index in [-0.39, 0.29) is 0 Å². The van der Waals surface area contributed by atoms with Crippen LogP contribution in [0.3, 0.4) is 0 Å². The first kappa shape index (κ1) is 13.5. The average Bonchev–Trinajstić information content (AvgIpc) is 2.53. The van der Waals surface area contributed by atoms with Gasteiger partial charge in [-0.3, -0.25) is 0 Å². The smallest absolute Gasteiger partial charge is 0.116 e. The van der Waals surface area contributed by atoms with E-state index in [9.17, 15) is 5.11 Å². The molecule has 0 amide bonds. The van der Waals surface area contributed by atoms with Crippen molar-refractivity contribution >= 4 is 17.1 Å². The van der Waals surface area contributed by atoms with E-state index in [4.69, 9.17) is 0 Å². The van der Waals surface area contributed by atoms with Crippen LogP contribution in [0.5, 0.6) is 0 Å². The highest BCUT2D eigenvalue weighted by Crippen LogP contribution is 2.20. The van der Waals surface area contributed by atoms with E-state index in [1.807, 2.05) is 67.6 Å². The fraction of sp³-hybridized carbons (Fsp3) is 0.111. The summed E-state index contributed by atoms with van der Waals surface area (Å²) in [6.07, 6.45) is 2.87. The van der Waals surface area contributed by atoms with Crippen LogP contribution in [0.25, 0.3) is 17.1 Å². The molecule has 0 spiro atoms. The Morgan fingerprint density at radius 1 is 0.905 bits per heavy atom. The second-order valence-corrected chi connectivity index (χ2v) is 4.90. The van der Waals surface area contributed by atoms with Crippen molar-refractivity contribution in [3.05, 3.63) is 77.6 Å². The number of aromatic nitrogens is 2. The molecule has 0 aliphatic rings. The van der Waals surface area contributed by atoms with Gasteiger partial charge in [0.05, 0.1) is 22.4 Å². The number of nitrogens with zero attached hydrogens (tertiary/aromatic N) is 2. The van der Waals surface area contributed by atoms with Crippen LogP contribution in [-0.4, -0.2) is 15.1 Å². The summed E-state index contributed by atoms with van der Waals surface area (Å²) in [7, 11) is 0. The van der Waals surface area contributed by atoms with Gasteiger partial charge in [0.25, 0.3) is 0 Å². The van der Waals surface area contributed by atoms with Gasteiger partial charge < -0.3 is 5.11 Å². The number of aliphatic hydroxyl groups is 1. The van der Waals surface area contributed by atoms with E-state index in [1.54, 1.807) is 6.08 Å². The molecule has 0 fully saturated rings. The Balaban J connectivity index is 1.92. The van der Waals surface area contributed by atoms with Gasteiger partial charge in [-0.1, -0.05) is 48.5 Å². The summed E-state index contributed by atoms with van der Waals surface area (Å²) < 4.78 is 0. The highest BCUT2D eigenvalue weighted by Gasteiger charge is 2.11. The van der Waals surface area contributed by atoms with Crippen LogP contribution in [0, 0.1) is 6.92 Å². The third-order valence-corrected chi connectivity index (χ3v) is 3.33. The van der Waals surface area contributed by atoms with Crippen LogP contribution in [0.4, 0.5) is 0 Å². The summed E-state index contributed by atoms with van der Waals surface area (Å²) in [5.74, 6) is 0. The Labute approximate surface area is 123 Å². The summed E-state index contributed by atoms with van der Waals surface area (Å²) in [5.41, 5.74) is 4.03. The quantitative estimate of drug-likeness (QED) is 0.793. The van der Waals surface area contributed by atoms with Crippen LogP contribution in [0.1, 0.15) is 23.1 Å². The molecule has 0 saturated heterocycles. The van der Waals surface area contributed by atoms with Crippen molar-refractivity contribution in [3.63, 3.8) is 0 Å². The SMILES string of the molecule is Cc1nc2ccccc2nc1C(O)/C=C/c1ccccc1. The van der Waals surface area contributed by atoms with Crippen molar-refractivity contribution in [1.82, 2.24) is 9.97 Å². The fourth-order valence-electron chi connectivity index (χ4n) is 2.24. The lowest BCUT2D eigenvalue weighted by atomic mass is 10.1.